The number of benzene rings is 1. The fourth-order valence-electron chi connectivity index (χ4n) is 2.32. The third kappa shape index (κ3) is 5.12. The molecule has 0 saturated heterocycles. The summed E-state index contributed by atoms with van der Waals surface area (Å²) in [4.78, 5) is 4.14. The van der Waals surface area contributed by atoms with Crippen LogP contribution in [0.5, 0.6) is 0 Å². The second-order valence-electron chi connectivity index (χ2n) is 5.31. The highest BCUT2D eigenvalue weighted by molar-refractivity contribution is 7.90. The Morgan fingerprint density at radius 1 is 1.09 bits per heavy atom. The molecule has 128 valence electrons. The van der Waals surface area contributed by atoms with E-state index in [1.807, 2.05) is 0 Å². The second kappa shape index (κ2) is 7.20. The number of para-hydroxylation sites is 1. The SMILES string of the molecule is O=S(=O)(NC(=NC1CCCCC1)Nc1ccccc1)C(F)(F)F. The Kier molecular flexibility index (Phi) is 5.51. The van der Waals surface area contributed by atoms with Crippen LogP contribution in [0.4, 0.5) is 18.9 Å². The number of halogens is 3. The van der Waals surface area contributed by atoms with Crippen molar-refractivity contribution in [3.05, 3.63) is 30.3 Å². The van der Waals surface area contributed by atoms with E-state index < -0.39 is 21.5 Å². The van der Waals surface area contributed by atoms with Gasteiger partial charge in [0.05, 0.1) is 6.04 Å². The molecule has 1 fully saturated rings. The van der Waals surface area contributed by atoms with Gasteiger partial charge in [-0.25, -0.2) is 9.71 Å². The third-order valence-electron chi connectivity index (χ3n) is 3.46. The molecule has 0 spiro atoms. The minimum Gasteiger partial charge on any atom is -0.326 e. The molecule has 0 bridgehead atoms. The lowest BCUT2D eigenvalue weighted by atomic mass is 9.96. The van der Waals surface area contributed by atoms with E-state index >= 15 is 0 Å². The van der Waals surface area contributed by atoms with Crippen molar-refractivity contribution in [2.24, 2.45) is 4.99 Å². The quantitative estimate of drug-likeness (QED) is 0.650. The van der Waals surface area contributed by atoms with Crippen molar-refractivity contribution in [1.29, 1.82) is 0 Å². The second-order valence-corrected chi connectivity index (χ2v) is 6.99. The summed E-state index contributed by atoms with van der Waals surface area (Å²) in [5.41, 5.74) is -4.94. The van der Waals surface area contributed by atoms with Crippen LogP contribution in [-0.2, 0) is 10.0 Å². The van der Waals surface area contributed by atoms with E-state index in [0.29, 0.717) is 5.69 Å². The maximum absolute atomic E-state index is 12.6. The van der Waals surface area contributed by atoms with Gasteiger partial charge < -0.3 is 5.32 Å². The Morgan fingerprint density at radius 3 is 2.26 bits per heavy atom. The van der Waals surface area contributed by atoms with E-state index in [-0.39, 0.29) is 6.04 Å². The van der Waals surface area contributed by atoms with Crippen molar-refractivity contribution in [2.45, 2.75) is 43.7 Å². The fourth-order valence-corrected chi connectivity index (χ4v) is 2.79. The van der Waals surface area contributed by atoms with Crippen molar-refractivity contribution in [1.82, 2.24) is 4.72 Å². The molecule has 0 amide bonds. The van der Waals surface area contributed by atoms with Gasteiger partial charge in [-0.05, 0) is 25.0 Å². The topological polar surface area (TPSA) is 70.6 Å². The lowest BCUT2D eigenvalue weighted by molar-refractivity contribution is -0.0442. The van der Waals surface area contributed by atoms with E-state index in [2.05, 4.69) is 10.3 Å². The monoisotopic (exact) mass is 349 g/mol. The molecule has 5 nitrogen and oxygen atoms in total. The first-order valence-corrected chi connectivity index (χ1v) is 8.75. The highest BCUT2D eigenvalue weighted by atomic mass is 32.2. The van der Waals surface area contributed by atoms with E-state index in [0.717, 1.165) is 32.1 Å². The number of nitrogens with zero attached hydrogens (tertiary/aromatic N) is 1. The van der Waals surface area contributed by atoms with Gasteiger partial charge in [0.2, 0.25) is 5.96 Å². The standard InChI is InChI=1S/C14H18F3N3O2S/c15-14(16,17)23(21,22)20-13(18-11-7-3-1-4-8-11)19-12-9-5-2-6-10-12/h1,3-4,7-8,12H,2,5-6,9-10H2,(H2,18,19,20). The molecule has 1 aliphatic rings. The number of hydrogen-bond donors (Lipinski definition) is 2. The largest absolute Gasteiger partial charge is 0.516 e. The van der Waals surface area contributed by atoms with Crippen molar-refractivity contribution in [2.75, 3.05) is 5.32 Å². The predicted molar refractivity (Wildman–Crippen MR) is 82.5 cm³/mol. The maximum Gasteiger partial charge on any atom is 0.516 e. The van der Waals surface area contributed by atoms with Gasteiger partial charge in [-0.15, -0.1) is 0 Å². The minimum atomic E-state index is -5.51. The molecule has 0 unspecified atom stereocenters. The molecule has 1 aromatic rings. The van der Waals surface area contributed by atoms with Gasteiger partial charge in [-0.3, -0.25) is 0 Å². The van der Waals surface area contributed by atoms with E-state index in [4.69, 9.17) is 0 Å². The molecule has 0 aliphatic heterocycles. The molecular formula is C14H18F3N3O2S. The summed E-state index contributed by atoms with van der Waals surface area (Å²) in [6.45, 7) is 0. The Balaban J connectivity index is 2.22. The van der Waals surface area contributed by atoms with Crippen LogP contribution in [-0.4, -0.2) is 25.9 Å². The van der Waals surface area contributed by atoms with Crippen LogP contribution in [0.25, 0.3) is 0 Å². The molecule has 1 saturated carbocycles. The average molecular weight is 349 g/mol. The van der Waals surface area contributed by atoms with Gasteiger partial charge in [0.1, 0.15) is 0 Å². The predicted octanol–water partition coefficient (Wildman–Crippen LogP) is 3.23. The van der Waals surface area contributed by atoms with E-state index in [9.17, 15) is 21.6 Å². The molecule has 1 aliphatic carbocycles. The first-order chi connectivity index (χ1) is 10.8. The number of sulfonamides is 1. The van der Waals surface area contributed by atoms with Gasteiger partial charge in [-0.2, -0.15) is 21.6 Å². The number of guanidine groups is 1. The molecule has 0 radical (unpaired) electrons. The molecule has 1 aromatic carbocycles. The molecule has 2 rings (SSSR count). The third-order valence-corrected chi connectivity index (χ3v) is 4.53. The van der Waals surface area contributed by atoms with Crippen LogP contribution in [0.2, 0.25) is 0 Å². The van der Waals surface area contributed by atoms with Crippen molar-refractivity contribution in [3.63, 3.8) is 0 Å². The number of nitrogens with one attached hydrogen (secondary N) is 2. The summed E-state index contributed by atoms with van der Waals surface area (Å²) in [6.07, 6.45) is 4.38. The van der Waals surface area contributed by atoms with Crippen LogP contribution in [0.1, 0.15) is 32.1 Å². The molecule has 2 N–H and O–H groups in total. The van der Waals surface area contributed by atoms with Crippen LogP contribution < -0.4 is 10.0 Å². The van der Waals surface area contributed by atoms with Crippen molar-refractivity contribution >= 4 is 21.7 Å². The summed E-state index contributed by atoms with van der Waals surface area (Å²) in [5.74, 6) is -0.402. The van der Waals surface area contributed by atoms with Gasteiger partial charge in [0.25, 0.3) is 0 Å². The smallest absolute Gasteiger partial charge is 0.326 e. The summed E-state index contributed by atoms with van der Waals surface area (Å²) in [5, 5.41) is 2.61. The summed E-state index contributed by atoms with van der Waals surface area (Å²) < 4.78 is 61.9. The van der Waals surface area contributed by atoms with Gasteiger partial charge in [0.15, 0.2) is 0 Å². The molecule has 9 heteroatoms. The van der Waals surface area contributed by atoms with Gasteiger partial charge >= 0.3 is 15.5 Å². The lowest BCUT2D eigenvalue weighted by Crippen LogP contribution is -2.43. The number of alkyl halides is 3. The zero-order valence-electron chi connectivity index (χ0n) is 12.3. The average Bonchev–Trinajstić information content (AvgIpc) is 2.47. The van der Waals surface area contributed by atoms with E-state index in [1.165, 1.54) is 4.72 Å². The first-order valence-electron chi connectivity index (χ1n) is 7.27. The van der Waals surface area contributed by atoms with Gasteiger partial charge in [0, 0.05) is 5.69 Å². The highest BCUT2D eigenvalue weighted by Gasteiger charge is 2.46. The number of anilines is 1. The zero-order valence-corrected chi connectivity index (χ0v) is 13.1. The Bertz CT molecular complexity index is 639. The molecule has 0 atom stereocenters. The Labute approximate surface area is 133 Å². The van der Waals surface area contributed by atoms with Crippen LogP contribution in [0, 0.1) is 0 Å². The molecule has 23 heavy (non-hydrogen) atoms. The molecule has 0 heterocycles. The van der Waals surface area contributed by atoms with Gasteiger partial charge in [-0.1, -0.05) is 37.5 Å². The summed E-state index contributed by atoms with van der Waals surface area (Å²) >= 11 is 0. The summed E-state index contributed by atoms with van der Waals surface area (Å²) in [6, 6.07) is 8.13. The molecular weight excluding hydrogens is 331 g/mol. The van der Waals surface area contributed by atoms with Crippen molar-refractivity contribution in [3.8, 4) is 0 Å². The normalized spacial score (nSPS) is 17.8. The van der Waals surface area contributed by atoms with Crippen LogP contribution in [0.15, 0.2) is 35.3 Å². The first kappa shape index (κ1) is 17.6. The fraction of sp³-hybridized carbons (Fsp3) is 0.500. The van der Waals surface area contributed by atoms with E-state index in [1.54, 1.807) is 30.3 Å². The zero-order chi connectivity index (χ0) is 16.9. The number of rotatable bonds is 3. The number of hydrogen-bond acceptors (Lipinski definition) is 3. The summed E-state index contributed by atoms with van der Waals surface area (Å²) in [7, 11) is -5.51. The van der Waals surface area contributed by atoms with Crippen molar-refractivity contribution < 1.29 is 21.6 Å². The van der Waals surface area contributed by atoms with Crippen LogP contribution in [0.3, 0.4) is 0 Å². The van der Waals surface area contributed by atoms with Crippen LogP contribution >= 0.6 is 0 Å². The number of aliphatic imine (C=N–C) groups is 1. The minimum absolute atomic E-state index is 0.189. The maximum atomic E-state index is 12.6. The Morgan fingerprint density at radius 2 is 1.70 bits per heavy atom. The highest BCUT2D eigenvalue weighted by Crippen LogP contribution is 2.23. The lowest BCUT2D eigenvalue weighted by Gasteiger charge is -2.20. The Hall–Kier alpha value is -1.77. The molecule has 0 aromatic heterocycles.